The van der Waals surface area contributed by atoms with Gasteiger partial charge in [0, 0.05) is 54.9 Å². The first-order valence-electron chi connectivity index (χ1n) is 9.90. The number of nitrogens with one attached hydrogen (secondary N) is 1. The predicted molar refractivity (Wildman–Crippen MR) is 120 cm³/mol. The van der Waals surface area contributed by atoms with E-state index in [-0.39, 0.29) is 6.03 Å². The van der Waals surface area contributed by atoms with Crippen LogP contribution in [0.4, 0.5) is 16.2 Å². The van der Waals surface area contributed by atoms with Crippen LogP contribution in [0.3, 0.4) is 0 Å². The second-order valence-electron chi connectivity index (χ2n) is 7.27. The van der Waals surface area contributed by atoms with Gasteiger partial charge in [-0.1, -0.05) is 23.4 Å². The number of rotatable bonds is 4. The fraction of sp³-hybridized carbons (Fsp3) is 0.318. The zero-order valence-corrected chi connectivity index (χ0v) is 18.2. The first-order valence-corrected chi connectivity index (χ1v) is 11.1. The van der Waals surface area contributed by atoms with Gasteiger partial charge in [-0.05, 0) is 43.0 Å². The molecule has 7 nitrogen and oxygen atoms in total. The Morgan fingerprint density at radius 3 is 2.60 bits per heavy atom. The Morgan fingerprint density at radius 1 is 1.10 bits per heavy atom. The van der Waals surface area contributed by atoms with Crippen LogP contribution in [0.1, 0.15) is 11.5 Å². The zero-order valence-electron chi connectivity index (χ0n) is 17.4. The van der Waals surface area contributed by atoms with E-state index < -0.39 is 0 Å². The molecule has 1 aliphatic rings. The van der Waals surface area contributed by atoms with Crippen LogP contribution in [-0.4, -0.2) is 53.5 Å². The van der Waals surface area contributed by atoms with Gasteiger partial charge in [-0.3, -0.25) is 0 Å². The minimum absolute atomic E-state index is 0.0550. The highest BCUT2D eigenvalue weighted by Crippen LogP contribution is 2.27. The van der Waals surface area contributed by atoms with Crippen molar-refractivity contribution in [2.75, 3.05) is 42.7 Å². The van der Waals surface area contributed by atoms with Crippen molar-refractivity contribution < 1.29 is 9.32 Å². The highest BCUT2D eigenvalue weighted by Gasteiger charge is 2.23. The lowest BCUT2D eigenvalue weighted by molar-refractivity contribution is 0.208. The molecule has 2 heterocycles. The molecule has 156 valence electrons. The second-order valence-corrected chi connectivity index (χ2v) is 8.15. The fourth-order valence-electron chi connectivity index (χ4n) is 3.56. The number of carbonyl (C=O) groups is 1. The standard InChI is InChI=1S/C22H25N5O2S/c1-15-7-8-17(21-23-16(2)29-25-21)13-20(15)26-9-11-27(12-10-26)22(28)24-18-5-4-6-19(14-18)30-3/h4-8,13-14H,9-12H2,1-3H3,(H,24,28). The van der Waals surface area contributed by atoms with Crippen molar-refractivity contribution in [3.63, 3.8) is 0 Å². The van der Waals surface area contributed by atoms with Crippen molar-refractivity contribution in [3.05, 3.63) is 53.9 Å². The molecule has 0 atom stereocenters. The topological polar surface area (TPSA) is 74.5 Å². The van der Waals surface area contributed by atoms with Crippen LogP contribution < -0.4 is 10.2 Å². The number of urea groups is 1. The molecule has 1 N–H and O–H groups in total. The van der Waals surface area contributed by atoms with Gasteiger partial charge in [-0.25, -0.2) is 4.79 Å². The Labute approximate surface area is 180 Å². The van der Waals surface area contributed by atoms with Crippen LogP contribution >= 0.6 is 11.8 Å². The number of anilines is 2. The SMILES string of the molecule is CSc1cccc(NC(=O)N2CCN(c3cc(-c4noc(C)n4)ccc3C)CC2)c1. The van der Waals surface area contributed by atoms with Crippen molar-refractivity contribution in [1.29, 1.82) is 0 Å². The molecule has 1 aromatic heterocycles. The molecule has 1 fully saturated rings. The number of thioether (sulfide) groups is 1. The first-order chi connectivity index (χ1) is 14.5. The van der Waals surface area contributed by atoms with E-state index in [0.29, 0.717) is 24.8 Å². The molecule has 4 rings (SSSR count). The van der Waals surface area contributed by atoms with Crippen molar-refractivity contribution in [3.8, 4) is 11.4 Å². The van der Waals surface area contributed by atoms with Crippen molar-refractivity contribution in [2.45, 2.75) is 18.7 Å². The van der Waals surface area contributed by atoms with Gasteiger partial charge in [0.15, 0.2) is 0 Å². The Balaban J connectivity index is 1.41. The molecule has 30 heavy (non-hydrogen) atoms. The predicted octanol–water partition coefficient (Wildman–Crippen LogP) is 4.43. The van der Waals surface area contributed by atoms with Gasteiger partial charge in [0.25, 0.3) is 0 Å². The van der Waals surface area contributed by atoms with Crippen molar-refractivity contribution in [1.82, 2.24) is 15.0 Å². The van der Waals surface area contributed by atoms with Crippen LogP contribution in [-0.2, 0) is 0 Å². The largest absolute Gasteiger partial charge is 0.368 e. The van der Waals surface area contributed by atoms with E-state index in [1.54, 1.807) is 18.7 Å². The molecule has 0 saturated carbocycles. The normalized spacial score (nSPS) is 14.1. The van der Waals surface area contributed by atoms with Crippen molar-refractivity contribution in [2.24, 2.45) is 0 Å². The van der Waals surface area contributed by atoms with Crippen LogP contribution in [0.15, 0.2) is 51.9 Å². The first kappa shape index (κ1) is 20.3. The van der Waals surface area contributed by atoms with Gasteiger partial charge < -0.3 is 19.6 Å². The van der Waals surface area contributed by atoms with Gasteiger partial charge in [-0.2, -0.15) is 4.98 Å². The third-order valence-corrected chi connectivity index (χ3v) is 5.95. The summed E-state index contributed by atoms with van der Waals surface area (Å²) in [6.07, 6.45) is 2.02. The minimum Gasteiger partial charge on any atom is -0.368 e. The quantitative estimate of drug-likeness (QED) is 0.626. The molecular formula is C22H25N5O2S. The van der Waals surface area contributed by atoms with E-state index >= 15 is 0 Å². The fourth-order valence-corrected chi connectivity index (χ4v) is 4.02. The number of amides is 2. The van der Waals surface area contributed by atoms with Gasteiger partial charge >= 0.3 is 6.03 Å². The number of benzene rings is 2. The number of hydrogen-bond donors (Lipinski definition) is 1. The van der Waals surface area contributed by atoms with Gasteiger partial charge in [0.1, 0.15) is 0 Å². The lowest BCUT2D eigenvalue weighted by Crippen LogP contribution is -2.50. The summed E-state index contributed by atoms with van der Waals surface area (Å²) in [7, 11) is 0. The van der Waals surface area contributed by atoms with E-state index in [1.165, 1.54) is 5.56 Å². The van der Waals surface area contributed by atoms with Gasteiger partial charge in [0.05, 0.1) is 0 Å². The van der Waals surface area contributed by atoms with Crippen LogP contribution in [0, 0.1) is 13.8 Å². The zero-order chi connectivity index (χ0) is 21.1. The summed E-state index contributed by atoms with van der Waals surface area (Å²) in [6.45, 7) is 6.76. The minimum atomic E-state index is -0.0550. The highest BCUT2D eigenvalue weighted by atomic mass is 32.2. The molecule has 0 unspecified atom stereocenters. The summed E-state index contributed by atoms with van der Waals surface area (Å²) in [4.78, 5) is 22.3. The molecule has 2 aromatic carbocycles. The summed E-state index contributed by atoms with van der Waals surface area (Å²) in [5, 5.41) is 7.04. The molecule has 0 radical (unpaired) electrons. The molecular weight excluding hydrogens is 398 g/mol. The maximum absolute atomic E-state index is 12.7. The lowest BCUT2D eigenvalue weighted by atomic mass is 10.1. The maximum Gasteiger partial charge on any atom is 0.321 e. The Bertz CT molecular complexity index is 1040. The second kappa shape index (κ2) is 8.79. The Kier molecular flexibility index (Phi) is 5.94. The third-order valence-electron chi connectivity index (χ3n) is 5.22. The molecule has 8 heteroatoms. The average Bonchev–Trinajstić information content (AvgIpc) is 3.20. The summed E-state index contributed by atoms with van der Waals surface area (Å²) in [5.41, 5.74) is 4.09. The van der Waals surface area contributed by atoms with Crippen LogP contribution in [0.5, 0.6) is 0 Å². The number of hydrogen-bond acceptors (Lipinski definition) is 6. The number of carbonyl (C=O) groups excluding carboxylic acids is 1. The van der Waals surface area contributed by atoms with Crippen LogP contribution in [0.25, 0.3) is 11.4 Å². The number of aryl methyl sites for hydroxylation is 2. The number of nitrogens with zero attached hydrogens (tertiary/aromatic N) is 4. The summed E-state index contributed by atoms with van der Waals surface area (Å²) in [6, 6.07) is 14.0. The van der Waals surface area contributed by atoms with E-state index in [4.69, 9.17) is 4.52 Å². The van der Waals surface area contributed by atoms with E-state index in [9.17, 15) is 4.79 Å². The summed E-state index contributed by atoms with van der Waals surface area (Å²) >= 11 is 1.66. The summed E-state index contributed by atoms with van der Waals surface area (Å²) < 4.78 is 5.11. The molecule has 0 spiro atoms. The monoisotopic (exact) mass is 423 g/mol. The van der Waals surface area contributed by atoms with E-state index in [1.807, 2.05) is 41.5 Å². The summed E-state index contributed by atoms with van der Waals surface area (Å²) in [5.74, 6) is 1.15. The third kappa shape index (κ3) is 4.43. The Hall–Kier alpha value is -3.00. The maximum atomic E-state index is 12.7. The molecule has 2 amide bonds. The number of aromatic nitrogens is 2. The molecule has 0 aliphatic carbocycles. The van der Waals surface area contributed by atoms with Crippen molar-refractivity contribution >= 4 is 29.2 Å². The van der Waals surface area contributed by atoms with E-state index in [0.717, 1.165) is 34.9 Å². The smallest absolute Gasteiger partial charge is 0.321 e. The molecule has 1 saturated heterocycles. The lowest BCUT2D eigenvalue weighted by Gasteiger charge is -2.36. The molecule has 3 aromatic rings. The molecule has 0 bridgehead atoms. The molecule has 1 aliphatic heterocycles. The van der Waals surface area contributed by atoms with Crippen LogP contribution in [0.2, 0.25) is 0 Å². The Morgan fingerprint density at radius 2 is 1.90 bits per heavy atom. The van der Waals surface area contributed by atoms with Gasteiger partial charge in [-0.15, -0.1) is 11.8 Å². The number of piperazine rings is 1. The average molecular weight is 424 g/mol. The van der Waals surface area contributed by atoms with Gasteiger partial charge in [0.2, 0.25) is 11.7 Å². The van der Waals surface area contributed by atoms with E-state index in [2.05, 4.69) is 39.4 Å². The highest BCUT2D eigenvalue weighted by molar-refractivity contribution is 7.98.